The number of piperazine rings is 1. The lowest BCUT2D eigenvalue weighted by Gasteiger charge is -2.39. The molecule has 0 bridgehead atoms. The van der Waals surface area contributed by atoms with Crippen LogP contribution in [0.1, 0.15) is 157 Å². The summed E-state index contributed by atoms with van der Waals surface area (Å²) in [5.41, 5.74) is 21.2. The van der Waals surface area contributed by atoms with Crippen molar-refractivity contribution in [3.63, 3.8) is 0 Å². The lowest BCUT2D eigenvalue weighted by Crippen LogP contribution is -2.50. The van der Waals surface area contributed by atoms with E-state index in [0.717, 1.165) is 119 Å². The first kappa shape index (κ1) is 55.7. The largest absolute Gasteiger partial charge is 0.506 e. The molecule has 0 atom stereocenters. The SMILES string of the molecule is C1CCC1.C=CNc1cccc(Sc2ncc(N3CCC(C)(N)CC3)nc2N)c1Cl.CCCC(=O)N1CCN(CC2CCN(Cc3ccc4c(c3)CCCN(c3cc(C(C)C)c(C5CCC5)cc3O)C4)CC2)CC1. The lowest BCUT2D eigenvalue weighted by atomic mass is 9.76. The van der Waals surface area contributed by atoms with Crippen LogP contribution in [-0.4, -0.2) is 107 Å². The topological polar surface area (TPSA) is 143 Å². The predicted molar refractivity (Wildman–Crippen MR) is 309 cm³/mol. The number of rotatable bonds is 14. The highest BCUT2D eigenvalue weighted by Crippen LogP contribution is 2.45. The maximum atomic E-state index is 12.2. The standard InChI is InChI=1S/C38H56N4O2.C18H23ClN6S.C4H8/c1-4-7-38(44)41-20-18-40(19-21-41)25-29-13-16-39(17-14-29)26-30-11-12-33-27-42(15-6-10-32(33)22-30)36-23-34(28(2)3)35(24-37(36)43)31-8-5-9-31;1-3-22-12-5-4-6-13(15(12)19)26-17-16(20)24-14(11-23-17)25-9-7-18(2,21)8-10-25;1-2-4-3-1/h11-12,22-24,28-29,31,43H,4-10,13-21,25-27H2,1-3H3;3-6,11,22H,1,7-10,21H2,2H3,(H2,20,24);1-4H2. The molecule has 0 radical (unpaired) electrons. The summed E-state index contributed by atoms with van der Waals surface area (Å²) in [4.78, 5) is 34.0. The van der Waals surface area contributed by atoms with Gasteiger partial charge < -0.3 is 36.6 Å². The van der Waals surface area contributed by atoms with Crippen molar-refractivity contribution in [1.82, 2.24) is 24.7 Å². The Morgan fingerprint density at radius 1 is 0.905 bits per heavy atom. The molecule has 0 spiro atoms. The van der Waals surface area contributed by atoms with Crippen LogP contribution in [0.3, 0.4) is 0 Å². The number of nitrogen functional groups attached to an aromatic ring is 1. The maximum absolute atomic E-state index is 12.2. The highest BCUT2D eigenvalue weighted by molar-refractivity contribution is 7.99. The molecular formula is C60H87ClN10O2S. The molecule has 3 saturated heterocycles. The van der Waals surface area contributed by atoms with Crippen molar-refractivity contribution in [2.75, 3.05) is 86.3 Å². The molecule has 12 nitrogen and oxygen atoms in total. The zero-order chi connectivity index (χ0) is 52.2. The first-order valence-corrected chi connectivity index (χ1v) is 29.4. The van der Waals surface area contributed by atoms with Crippen molar-refractivity contribution in [3.8, 4) is 5.75 Å². The average molecular weight is 1050 g/mol. The van der Waals surface area contributed by atoms with Crippen molar-refractivity contribution >= 4 is 52.3 Å². The van der Waals surface area contributed by atoms with Crippen LogP contribution < -0.4 is 26.6 Å². The van der Waals surface area contributed by atoms with E-state index < -0.39 is 0 Å². The summed E-state index contributed by atoms with van der Waals surface area (Å²) in [5, 5.41) is 15.4. The van der Waals surface area contributed by atoms with Gasteiger partial charge in [0, 0.05) is 82.3 Å². The summed E-state index contributed by atoms with van der Waals surface area (Å²) in [7, 11) is 0. The Hall–Kier alpha value is -4.53. The number of halogens is 1. The Bertz CT molecular complexity index is 2470. The molecule has 1 aromatic heterocycles. The lowest BCUT2D eigenvalue weighted by molar-refractivity contribution is -0.133. The van der Waals surface area contributed by atoms with Gasteiger partial charge in [-0.1, -0.05) is 107 Å². The third-order valence-electron chi connectivity index (χ3n) is 16.4. The van der Waals surface area contributed by atoms with Crippen LogP contribution in [0.2, 0.25) is 5.02 Å². The minimum atomic E-state index is -0.105. The average Bonchev–Trinajstić information content (AvgIpc) is 3.56. The van der Waals surface area contributed by atoms with Gasteiger partial charge in [0.1, 0.15) is 16.6 Å². The Balaban J connectivity index is 0.000000205. The number of aromatic hydroxyl groups is 1. The Morgan fingerprint density at radius 2 is 1.64 bits per heavy atom. The van der Waals surface area contributed by atoms with E-state index in [-0.39, 0.29) is 5.54 Å². The van der Waals surface area contributed by atoms with Crippen LogP contribution in [0.25, 0.3) is 0 Å². The van der Waals surface area contributed by atoms with Crippen molar-refractivity contribution in [2.45, 2.75) is 164 Å². The van der Waals surface area contributed by atoms with Crippen LogP contribution in [-0.2, 0) is 24.3 Å². The van der Waals surface area contributed by atoms with E-state index in [1.165, 1.54) is 117 Å². The number of fused-ring (bicyclic) bond motifs is 1. The Kier molecular flexibility index (Phi) is 19.9. The Morgan fingerprint density at radius 3 is 2.27 bits per heavy atom. The van der Waals surface area contributed by atoms with Crippen molar-refractivity contribution in [1.29, 1.82) is 0 Å². The minimum Gasteiger partial charge on any atom is -0.506 e. The summed E-state index contributed by atoms with van der Waals surface area (Å²) in [6.07, 6.45) is 21.4. The number of carbonyl (C=O) groups is 1. The van der Waals surface area contributed by atoms with Gasteiger partial charge in [-0.2, -0.15) is 0 Å². The van der Waals surface area contributed by atoms with Gasteiger partial charge in [-0.25, -0.2) is 9.97 Å². The molecular weight excluding hydrogens is 960 g/mol. The van der Waals surface area contributed by atoms with Gasteiger partial charge in [0.15, 0.2) is 5.82 Å². The molecule has 74 heavy (non-hydrogen) atoms. The second-order valence-electron chi connectivity index (χ2n) is 22.6. The number of amides is 1. The summed E-state index contributed by atoms with van der Waals surface area (Å²) in [5.74, 6) is 3.85. The van der Waals surface area contributed by atoms with Crippen LogP contribution >= 0.6 is 23.4 Å². The van der Waals surface area contributed by atoms with Gasteiger partial charge in [-0.05, 0) is 154 Å². The quantitative estimate of drug-likeness (QED) is 0.0954. The number of hydrogen-bond donors (Lipinski definition) is 4. The number of piperidine rings is 2. The molecule has 6 N–H and O–H groups in total. The summed E-state index contributed by atoms with van der Waals surface area (Å²) in [6.45, 7) is 24.5. The zero-order valence-corrected chi connectivity index (χ0v) is 46.8. The van der Waals surface area contributed by atoms with Crippen molar-refractivity contribution < 1.29 is 9.90 Å². The second kappa shape index (κ2) is 26.5. The van der Waals surface area contributed by atoms with Gasteiger partial charge in [-0.3, -0.25) is 14.6 Å². The van der Waals surface area contributed by atoms with Gasteiger partial charge in [-0.15, -0.1) is 0 Å². The molecule has 402 valence electrons. The third-order valence-corrected chi connectivity index (χ3v) is 18.0. The number of nitrogens with two attached hydrogens (primary N) is 2. The van der Waals surface area contributed by atoms with E-state index in [1.807, 2.05) is 18.2 Å². The number of aryl methyl sites for hydroxylation is 1. The van der Waals surface area contributed by atoms with Crippen molar-refractivity contribution in [3.05, 3.63) is 100 Å². The normalized spacial score (nSPS) is 19.5. The highest BCUT2D eigenvalue weighted by atomic mass is 35.5. The van der Waals surface area contributed by atoms with E-state index in [2.05, 4.69) is 104 Å². The van der Waals surface area contributed by atoms with E-state index in [4.69, 9.17) is 23.1 Å². The number of phenolic OH excluding ortho intramolecular Hbond substituents is 1. The number of nitrogens with one attached hydrogen (secondary N) is 1. The van der Waals surface area contributed by atoms with E-state index >= 15 is 0 Å². The number of aromatic nitrogens is 2. The van der Waals surface area contributed by atoms with Crippen LogP contribution in [0.5, 0.6) is 5.75 Å². The zero-order valence-electron chi connectivity index (χ0n) is 45.2. The summed E-state index contributed by atoms with van der Waals surface area (Å²) < 4.78 is 0. The number of carbonyl (C=O) groups excluding carboxylic acids is 1. The molecule has 5 heterocycles. The number of benzene rings is 3. The fraction of sp³-hybridized carbons (Fsp3) is 0.583. The molecule has 2 saturated carbocycles. The first-order valence-electron chi connectivity index (χ1n) is 28.2. The maximum Gasteiger partial charge on any atom is 0.222 e. The number of likely N-dealkylation sites (tertiary alicyclic amines) is 1. The molecule has 1 amide bonds. The van der Waals surface area contributed by atoms with Gasteiger partial charge >= 0.3 is 0 Å². The monoisotopic (exact) mass is 1050 g/mol. The number of hydrogen-bond acceptors (Lipinski definition) is 12. The predicted octanol–water partition coefficient (Wildman–Crippen LogP) is 12.2. The van der Waals surface area contributed by atoms with E-state index in [9.17, 15) is 9.90 Å². The molecule has 5 fully saturated rings. The molecule has 4 aliphatic heterocycles. The molecule has 3 aromatic carbocycles. The van der Waals surface area contributed by atoms with Gasteiger partial charge in [0.25, 0.3) is 0 Å². The highest BCUT2D eigenvalue weighted by Gasteiger charge is 2.30. The van der Waals surface area contributed by atoms with Crippen LogP contribution in [0.15, 0.2) is 77.4 Å². The second-order valence-corrected chi connectivity index (χ2v) is 24.0. The molecule has 4 aromatic rings. The summed E-state index contributed by atoms with van der Waals surface area (Å²) >= 11 is 7.82. The van der Waals surface area contributed by atoms with Gasteiger partial charge in [0.05, 0.1) is 22.6 Å². The number of anilines is 4. The third kappa shape index (κ3) is 14.9. The first-order chi connectivity index (χ1) is 35.8. The molecule has 2 aliphatic carbocycles. The van der Waals surface area contributed by atoms with Gasteiger partial charge in [0.2, 0.25) is 5.91 Å². The Labute approximate surface area is 453 Å². The fourth-order valence-electron chi connectivity index (χ4n) is 11.1. The number of phenols is 1. The summed E-state index contributed by atoms with van der Waals surface area (Å²) in [6, 6.07) is 17.3. The van der Waals surface area contributed by atoms with Crippen LogP contribution in [0.4, 0.5) is 23.0 Å². The fourth-order valence-corrected chi connectivity index (χ4v) is 12.2. The smallest absolute Gasteiger partial charge is 0.222 e. The van der Waals surface area contributed by atoms with E-state index in [0.29, 0.717) is 45.8 Å². The van der Waals surface area contributed by atoms with E-state index in [1.54, 1.807) is 12.4 Å². The van der Waals surface area contributed by atoms with Crippen LogP contribution in [0, 0.1) is 5.92 Å². The molecule has 0 unspecified atom stereocenters. The molecule has 6 aliphatic rings. The molecule has 10 rings (SSSR count). The molecule has 14 heteroatoms. The van der Waals surface area contributed by atoms with Crippen molar-refractivity contribution in [2.24, 2.45) is 11.7 Å². The number of nitrogens with zero attached hydrogens (tertiary/aromatic N) is 7. The minimum absolute atomic E-state index is 0.105.